The topological polar surface area (TPSA) is 0 Å². The average Bonchev–Trinajstić information content (AvgIpc) is 2.94. The SMILES string of the molecule is Cc1cc(C(Cl)c2csc3c(Br)cccc23)sc1Br. The third-order valence-electron chi connectivity index (χ3n) is 2.98. The molecular weight excluding hydrogens is 428 g/mol. The fourth-order valence-electron chi connectivity index (χ4n) is 2.00. The average molecular weight is 437 g/mol. The van der Waals surface area contributed by atoms with Crippen molar-refractivity contribution in [3.8, 4) is 0 Å². The largest absolute Gasteiger partial charge is 0.142 e. The Kier molecular flexibility index (Phi) is 4.07. The summed E-state index contributed by atoms with van der Waals surface area (Å²) in [5.41, 5.74) is 2.43. The Morgan fingerprint density at radius 3 is 2.74 bits per heavy atom. The van der Waals surface area contributed by atoms with Crippen molar-refractivity contribution < 1.29 is 0 Å². The van der Waals surface area contributed by atoms with Crippen LogP contribution in [-0.2, 0) is 0 Å². The first-order chi connectivity index (χ1) is 9.08. The van der Waals surface area contributed by atoms with E-state index in [1.54, 1.807) is 22.7 Å². The molecule has 5 heteroatoms. The highest BCUT2D eigenvalue weighted by Gasteiger charge is 2.19. The summed E-state index contributed by atoms with van der Waals surface area (Å²) in [6.45, 7) is 2.09. The van der Waals surface area contributed by atoms with Gasteiger partial charge in [0.15, 0.2) is 0 Å². The molecule has 0 radical (unpaired) electrons. The van der Waals surface area contributed by atoms with E-state index in [1.807, 2.05) is 0 Å². The highest BCUT2D eigenvalue weighted by atomic mass is 79.9. The summed E-state index contributed by atoms with van der Waals surface area (Å²) in [5, 5.41) is 3.32. The van der Waals surface area contributed by atoms with E-state index in [1.165, 1.54) is 26.1 Å². The smallest absolute Gasteiger partial charge is 0.0942 e. The number of benzene rings is 1. The summed E-state index contributed by atoms with van der Waals surface area (Å²) in [4.78, 5) is 1.19. The molecule has 19 heavy (non-hydrogen) atoms. The minimum absolute atomic E-state index is 0.0851. The van der Waals surface area contributed by atoms with Crippen LogP contribution in [0.3, 0.4) is 0 Å². The molecule has 0 nitrogen and oxygen atoms in total. The van der Waals surface area contributed by atoms with Crippen LogP contribution in [0.2, 0.25) is 0 Å². The molecule has 0 aliphatic heterocycles. The first-order valence-electron chi connectivity index (χ1n) is 5.63. The monoisotopic (exact) mass is 434 g/mol. The molecule has 98 valence electrons. The van der Waals surface area contributed by atoms with Crippen LogP contribution >= 0.6 is 66.1 Å². The van der Waals surface area contributed by atoms with E-state index < -0.39 is 0 Å². The Balaban J connectivity index is 2.11. The number of rotatable bonds is 2. The third kappa shape index (κ3) is 2.54. The standard InChI is InChI=1S/C14H9Br2ClS2/c1-7-5-11(19-14(7)16)12(17)9-6-18-13-8(9)3-2-4-10(13)15/h2-6,12H,1H3. The van der Waals surface area contributed by atoms with Gasteiger partial charge in [0.05, 0.1) is 9.16 Å². The fraction of sp³-hybridized carbons (Fsp3) is 0.143. The molecule has 0 aliphatic carbocycles. The zero-order valence-electron chi connectivity index (χ0n) is 9.91. The molecule has 0 saturated carbocycles. The van der Waals surface area contributed by atoms with E-state index >= 15 is 0 Å². The Labute approximate surface area is 141 Å². The maximum atomic E-state index is 6.67. The predicted molar refractivity (Wildman–Crippen MR) is 94.0 cm³/mol. The number of fused-ring (bicyclic) bond motifs is 1. The third-order valence-corrected chi connectivity index (χ3v) is 7.75. The lowest BCUT2D eigenvalue weighted by Gasteiger charge is -2.06. The van der Waals surface area contributed by atoms with E-state index in [9.17, 15) is 0 Å². The van der Waals surface area contributed by atoms with Crippen molar-refractivity contribution in [2.24, 2.45) is 0 Å². The van der Waals surface area contributed by atoms with Crippen molar-refractivity contribution in [3.63, 3.8) is 0 Å². The summed E-state index contributed by atoms with van der Waals surface area (Å²) >= 11 is 17.3. The van der Waals surface area contributed by atoms with Crippen molar-refractivity contribution in [1.29, 1.82) is 0 Å². The summed E-state index contributed by atoms with van der Waals surface area (Å²) in [5.74, 6) is 0. The van der Waals surface area contributed by atoms with Crippen molar-refractivity contribution in [2.45, 2.75) is 12.3 Å². The van der Waals surface area contributed by atoms with Crippen LogP contribution in [0, 0.1) is 6.92 Å². The first kappa shape index (κ1) is 14.1. The zero-order valence-corrected chi connectivity index (χ0v) is 15.5. The van der Waals surface area contributed by atoms with E-state index in [2.05, 4.69) is 68.4 Å². The second-order valence-electron chi connectivity index (χ2n) is 4.28. The van der Waals surface area contributed by atoms with Crippen LogP contribution in [0.1, 0.15) is 21.4 Å². The zero-order chi connectivity index (χ0) is 13.6. The Hall–Kier alpha value is 0.130. The summed E-state index contributed by atoms with van der Waals surface area (Å²) < 4.78 is 3.55. The number of hydrogen-bond donors (Lipinski definition) is 0. The molecule has 2 heterocycles. The van der Waals surface area contributed by atoms with Crippen molar-refractivity contribution in [1.82, 2.24) is 0 Å². The van der Waals surface area contributed by atoms with Crippen LogP contribution in [0.5, 0.6) is 0 Å². The van der Waals surface area contributed by atoms with E-state index in [-0.39, 0.29) is 5.38 Å². The molecule has 1 unspecified atom stereocenters. The predicted octanol–water partition coefficient (Wildman–Crippen LogP) is 7.12. The van der Waals surface area contributed by atoms with Gasteiger partial charge in [-0.25, -0.2) is 0 Å². The lowest BCUT2D eigenvalue weighted by atomic mass is 10.1. The highest BCUT2D eigenvalue weighted by Crippen LogP contribution is 2.43. The minimum atomic E-state index is -0.0851. The number of alkyl halides is 1. The van der Waals surface area contributed by atoms with Gasteiger partial charge in [-0.3, -0.25) is 0 Å². The molecule has 2 aromatic heterocycles. The molecule has 0 aliphatic rings. The number of thiophene rings is 2. The van der Waals surface area contributed by atoms with Gasteiger partial charge in [-0.1, -0.05) is 12.1 Å². The molecule has 3 rings (SSSR count). The Morgan fingerprint density at radius 2 is 2.05 bits per heavy atom. The molecule has 1 aromatic carbocycles. The molecule has 3 aromatic rings. The summed E-state index contributed by atoms with van der Waals surface area (Å²) in [6, 6.07) is 8.42. The Morgan fingerprint density at radius 1 is 1.26 bits per heavy atom. The molecule has 0 fully saturated rings. The molecule has 0 spiro atoms. The van der Waals surface area contributed by atoms with Crippen LogP contribution < -0.4 is 0 Å². The summed E-state index contributed by atoms with van der Waals surface area (Å²) in [7, 11) is 0. The molecule has 0 saturated heterocycles. The van der Waals surface area contributed by atoms with Crippen molar-refractivity contribution in [2.75, 3.05) is 0 Å². The van der Waals surface area contributed by atoms with Crippen molar-refractivity contribution >= 4 is 76.2 Å². The van der Waals surface area contributed by atoms with Gasteiger partial charge in [0.1, 0.15) is 0 Å². The summed E-state index contributed by atoms with van der Waals surface area (Å²) in [6.07, 6.45) is 0. The van der Waals surface area contributed by atoms with Crippen LogP contribution in [0.25, 0.3) is 10.1 Å². The second kappa shape index (κ2) is 5.49. The molecule has 1 atom stereocenters. The molecule has 0 amide bonds. The van der Waals surface area contributed by atoms with Crippen LogP contribution in [0.15, 0.2) is 37.9 Å². The van der Waals surface area contributed by atoms with Crippen LogP contribution in [-0.4, -0.2) is 0 Å². The van der Waals surface area contributed by atoms with Gasteiger partial charge in [0, 0.05) is 14.0 Å². The quantitative estimate of drug-likeness (QED) is 0.375. The highest BCUT2D eigenvalue weighted by molar-refractivity contribution is 9.11. The first-order valence-corrected chi connectivity index (χ1v) is 9.35. The lowest BCUT2D eigenvalue weighted by molar-refractivity contribution is 1.22. The maximum absolute atomic E-state index is 6.67. The van der Waals surface area contributed by atoms with E-state index in [4.69, 9.17) is 11.6 Å². The van der Waals surface area contributed by atoms with Gasteiger partial charge >= 0.3 is 0 Å². The van der Waals surface area contributed by atoms with Gasteiger partial charge in [0.25, 0.3) is 0 Å². The molecule has 0 bridgehead atoms. The maximum Gasteiger partial charge on any atom is 0.0942 e. The number of halogens is 3. The Bertz CT molecular complexity index is 726. The van der Waals surface area contributed by atoms with Gasteiger partial charge in [-0.15, -0.1) is 34.3 Å². The van der Waals surface area contributed by atoms with Gasteiger partial charge in [-0.05, 0) is 72.8 Å². The second-order valence-corrected chi connectivity index (χ2v) is 8.85. The normalized spacial score (nSPS) is 13.1. The lowest BCUT2D eigenvalue weighted by Crippen LogP contribution is -1.88. The van der Waals surface area contributed by atoms with Gasteiger partial charge in [-0.2, -0.15) is 0 Å². The van der Waals surface area contributed by atoms with E-state index in [0.29, 0.717) is 0 Å². The van der Waals surface area contributed by atoms with Gasteiger partial charge < -0.3 is 0 Å². The van der Waals surface area contributed by atoms with Crippen LogP contribution in [0.4, 0.5) is 0 Å². The van der Waals surface area contributed by atoms with Crippen molar-refractivity contribution in [3.05, 3.63) is 53.9 Å². The van der Waals surface area contributed by atoms with E-state index in [0.717, 1.165) is 8.26 Å². The molecular formula is C14H9Br2ClS2. The fourth-order valence-corrected chi connectivity index (χ4v) is 5.67. The number of aryl methyl sites for hydroxylation is 1. The molecule has 0 N–H and O–H groups in total. The van der Waals surface area contributed by atoms with Gasteiger partial charge in [0.2, 0.25) is 0 Å². The minimum Gasteiger partial charge on any atom is -0.142 e. The number of hydrogen-bond acceptors (Lipinski definition) is 2.